The highest BCUT2D eigenvalue weighted by molar-refractivity contribution is 7.99. The Kier molecular flexibility index (Phi) is 3.73. The van der Waals surface area contributed by atoms with Crippen LogP contribution < -0.4 is 10.6 Å². The molecule has 20 heavy (non-hydrogen) atoms. The number of hydrogen-bond acceptors (Lipinski definition) is 3. The average Bonchev–Trinajstić information content (AvgIpc) is 2.34. The van der Waals surface area contributed by atoms with Gasteiger partial charge in [-0.05, 0) is 69.5 Å². The third-order valence-electron chi connectivity index (χ3n) is 5.38. The first-order chi connectivity index (χ1) is 9.49. The Balaban J connectivity index is 1.60. The molecule has 0 aromatic heterocycles. The summed E-state index contributed by atoms with van der Waals surface area (Å²) in [4.78, 5) is 23.9. The minimum atomic E-state index is -0.294. The van der Waals surface area contributed by atoms with Gasteiger partial charge in [0.1, 0.15) is 0 Å². The molecule has 0 aromatic carbocycles. The van der Waals surface area contributed by atoms with E-state index in [1.807, 2.05) is 13.2 Å². The van der Waals surface area contributed by atoms with Gasteiger partial charge in [0.05, 0.1) is 5.25 Å². The van der Waals surface area contributed by atoms with Gasteiger partial charge in [0.15, 0.2) is 0 Å². The maximum Gasteiger partial charge on any atom is 0.321 e. The lowest BCUT2D eigenvalue weighted by Crippen LogP contribution is -2.62. The second-order valence-corrected chi connectivity index (χ2v) is 8.20. The van der Waals surface area contributed by atoms with E-state index < -0.39 is 0 Å². The molecule has 0 heterocycles. The van der Waals surface area contributed by atoms with Crippen molar-refractivity contribution in [3.8, 4) is 0 Å². The molecule has 4 nitrogen and oxygen atoms in total. The highest BCUT2D eigenvalue weighted by Gasteiger charge is 2.51. The SMILES string of the molecule is CS[C@H](C)C(=O)NC(=O)NC12CC3CC(CC(C3)C1)C2. The summed E-state index contributed by atoms with van der Waals surface area (Å²) in [6.45, 7) is 1.82. The molecule has 4 rings (SSSR count). The van der Waals surface area contributed by atoms with Crippen molar-refractivity contribution in [3.63, 3.8) is 0 Å². The quantitative estimate of drug-likeness (QED) is 0.841. The summed E-state index contributed by atoms with van der Waals surface area (Å²) in [6.07, 6.45) is 9.26. The summed E-state index contributed by atoms with van der Waals surface area (Å²) in [5.74, 6) is 2.19. The molecule has 0 unspecified atom stereocenters. The summed E-state index contributed by atoms with van der Waals surface area (Å²) in [7, 11) is 0. The second-order valence-electron chi connectivity index (χ2n) is 7.02. The number of urea groups is 1. The van der Waals surface area contributed by atoms with Gasteiger partial charge in [-0.2, -0.15) is 11.8 Å². The Morgan fingerprint density at radius 3 is 2.05 bits per heavy atom. The molecule has 0 saturated heterocycles. The van der Waals surface area contributed by atoms with Crippen molar-refractivity contribution >= 4 is 23.7 Å². The highest BCUT2D eigenvalue weighted by Crippen LogP contribution is 2.55. The van der Waals surface area contributed by atoms with Gasteiger partial charge in [-0.25, -0.2) is 4.79 Å². The van der Waals surface area contributed by atoms with E-state index in [-0.39, 0.29) is 22.7 Å². The average molecular weight is 296 g/mol. The minimum Gasteiger partial charge on any atom is -0.332 e. The number of nitrogens with one attached hydrogen (secondary N) is 2. The molecular formula is C15H24N2O2S. The number of carbonyl (C=O) groups excluding carboxylic acids is 2. The van der Waals surface area contributed by atoms with Crippen molar-refractivity contribution < 1.29 is 9.59 Å². The zero-order valence-corrected chi connectivity index (χ0v) is 13.1. The van der Waals surface area contributed by atoms with Crippen molar-refractivity contribution in [2.75, 3.05) is 6.26 Å². The number of rotatable bonds is 3. The van der Waals surface area contributed by atoms with Crippen molar-refractivity contribution in [3.05, 3.63) is 0 Å². The number of imide groups is 1. The Hall–Kier alpha value is -0.710. The zero-order valence-electron chi connectivity index (χ0n) is 12.3. The molecule has 1 atom stereocenters. The van der Waals surface area contributed by atoms with Crippen LogP contribution in [0.15, 0.2) is 0 Å². The standard InChI is InChI=1S/C15H24N2O2S/c1-9(20-2)13(18)16-14(19)17-15-6-10-3-11(7-15)5-12(4-10)8-15/h9-12H,3-8H2,1-2H3,(H2,16,17,18,19)/t9-,10?,11?,12?,15?/m1/s1. The molecule has 4 fully saturated rings. The monoisotopic (exact) mass is 296 g/mol. The van der Waals surface area contributed by atoms with Crippen LogP contribution in [0.2, 0.25) is 0 Å². The van der Waals surface area contributed by atoms with E-state index in [9.17, 15) is 9.59 Å². The predicted molar refractivity (Wildman–Crippen MR) is 80.6 cm³/mol. The molecule has 112 valence electrons. The third kappa shape index (κ3) is 2.69. The second kappa shape index (κ2) is 5.24. The van der Waals surface area contributed by atoms with E-state index in [2.05, 4.69) is 10.6 Å². The molecule has 2 N–H and O–H groups in total. The molecule has 3 amide bonds. The van der Waals surface area contributed by atoms with Crippen molar-refractivity contribution in [1.29, 1.82) is 0 Å². The topological polar surface area (TPSA) is 58.2 Å². The Bertz CT molecular complexity index is 389. The Morgan fingerprint density at radius 1 is 1.10 bits per heavy atom. The van der Waals surface area contributed by atoms with Gasteiger partial charge in [0.2, 0.25) is 5.91 Å². The molecule has 0 radical (unpaired) electrons. The summed E-state index contributed by atoms with van der Waals surface area (Å²) in [5, 5.41) is 5.47. The van der Waals surface area contributed by atoms with E-state index in [0.29, 0.717) is 0 Å². The summed E-state index contributed by atoms with van der Waals surface area (Å²) >= 11 is 1.45. The molecule has 0 aromatic rings. The van der Waals surface area contributed by atoms with Crippen LogP contribution in [-0.2, 0) is 4.79 Å². The predicted octanol–water partition coefficient (Wildman–Crippen LogP) is 2.53. The Morgan fingerprint density at radius 2 is 1.60 bits per heavy atom. The van der Waals surface area contributed by atoms with Gasteiger partial charge in [-0.3, -0.25) is 10.1 Å². The van der Waals surface area contributed by atoms with E-state index in [1.54, 1.807) is 0 Å². The molecule has 0 aliphatic heterocycles. The highest BCUT2D eigenvalue weighted by atomic mass is 32.2. The van der Waals surface area contributed by atoms with Crippen LogP contribution in [0.3, 0.4) is 0 Å². The molecule has 4 saturated carbocycles. The van der Waals surface area contributed by atoms with Crippen LogP contribution in [-0.4, -0.2) is 29.0 Å². The summed E-state index contributed by atoms with van der Waals surface area (Å²) < 4.78 is 0. The van der Waals surface area contributed by atoms with Gasteiger partial charge in [-0.1, -0.05) is 0 Å². The first-order valence-electron chi connectivity index (χ1n) is 7.65. The van der Waals surface area contributed by atoms with E-state index in [4.69, 9.17) is 0 Å². The lowest BCUT2D eigenvalue weighted by molar-refractivity contribution is -0.119. The van der Waals surface area contributed by atoms with Crippen LogP contribution in [0, 0.1) is 17.8 Å². The number of hydrogen-bond donors (Lipinski definition) is 2. The number of thioether (sulfide) groups is 1. The fourth-order valence-corrected chi connectivity index (χ4v) is 5.13. The first-order valence-corrected chi connectivity index (χ1v) is 8.94. The van der Waals surface area contributed by atoms with Crippen molar-refractivity contribution in [2.24, 2.45) is 17.8 Å². The normalized spacial score (nSPS) is 39.4. The van der Waals surface area contributed by atoms with Crippen LogP contribution in [0.5, 0.6) is 0 Å². The van der Waals surface area contributed by atoms with Gasteiger partial charge >= 0.3 is 6.03 Å². The maximum absolute atomic E-state index is 12.1. The van der Waals surface area contributed by atoms with Crippen molar-refractivity contribution in [1.82, 2.24) is 10.6 Å². The Labute approximate surface area is 124 Å². The molecule has 4 aliphatic carbocycles. The number of carbonyl (C=O) groups is 2. The third-order valence-corrected chi connectivity index (χ3v) is 6.30. The molecule has 4 bridgehead atoms. The van der Waals surface area contributed by atoms with Gasteiger partial charge in [-0.15, -0.1) is 0 Å². The van der Waals surface area contributed by atoms with E-state index in [1.165, 1.54) is 31.0 Å². The number of amides is 3. The molecule has 4 aliphatic rings. The van der Waals surface area contributed by atoms with E-state index >= 15 is 0 Å². The smallest absolute Gasteiger partial charge is 0.321 e. The maximum atomic E-state index is 12.1. The fraction of sp³-hybridized carbons (Fsp3) is 0.867. The molecular weight excluding hydrogens is 272 g/mol. The summed E-state index contributed by atoms with van der Waals surface area (Å²) in [5.41, 5.74) is -0.0261. The zero-order chi connectivity index (χ0) is 14.3. The minimum absolute atomic E-state index is 0.0261. The first kappa shape index (κ1) is 14.2. The van der Waals surface area contributed by atoms with Gasteiger partial charge < -0.3 is 5.32 Å². The van der Waals surface area contributed by atoms with E-state index in [0.717, 1.165) is 37.0 Å². The lowest BCUT2D eigenvalue weighted by Gasteiger charge is -2.56. The van der Waals surface area contributed by atoms with Gasteiger partial charge in [0, 0.05) is 5.54 Å². The lowest BCUT2D eigenvalue weighted by atomic mass is 9.53. The van der Waals surface area contributed by atoms with Crippen LogP contribution in [0.25, 0.3) is 0 Å². The largest absolute Gasteiger partial charge is 0.332 e. The van der Waals surface area contributed by atoms with Crippen LogP contribution in [0.1, 0.15) is 45.4 Å². The fourth-order valence-electron chi connectivity index (χ4n) is 4.86. The van der Waals surface area contributed by atoms with Crippen molar-refractivity contribution in [2.45, 2.75) is 56.2 Å². The molecule has 0 spiro atoms. The van der Waals surface area contributed by atoms with Crippen LogP contribution in [0.4, 0.5) is 4.79 Å². The molecule has 5 heteroatoms. The van der Waals surface area contributed by atoms with Gasteiger partial charge in [0.25, 0.3) is 0 Å². The van der Waals surface area contributed by atoms with Crippen LogP contribution >= 0.6 is 11.8 Å². The summed E-state index contributed by atoms with van der Waals surface area (Å²) in [6, 6.07) is -0.294.